The van der Waals surface area contributed by atoms with E-state index in [1.165, 1.54) is 24.0 Å². The highest BCUT2D eigenvalue weighted by molar-refractivity contribution is 6.34. The number of carbonyl (C=O) groups excluding carboxylic acids is 2. The number of halogens is 1. The Morgan fingerprint density at radius 2 is 2.17 bits per heavy atom. The molecule has 7 nitrogen and oxygen atoms in total. The third-order valence-corrected chi connectivity index (χ3v) is 3.75. The maximum absolute atomic E-state index is 12.7. The first-order chi connectivity index (χ1) is 10.9. The van der Waals surface area contributed by atoms with Gasteiger partial charge in [-0.05, 0) is 18.2 Å². The molecule has 1 aromatic carbocycles. The summed E-state index contributed by atoms with van der Waals surface area (Å²) in [5, 5.41) is 11.8. The van der Waals surface area contributed by atoms with Crippen molar-refractivity contribution in [1.29, 1.82) is 0 Å². The lowest BCUT2D eigenvalue weighted by Gasteiger charge is -2.35. The molecule has 23 heavy (non-hydrogen) atoms. The van der Waals surface area contributed by atoms with Crippen molar-refractivity contribution in [3.8, 4) is 0 Å². The standard InChI is InChI=1S/C15H17ClN2O5/c1-9(19)17-10-2-3-13(16)12(6-10)15(22)18-4-5-23-8-11(18)7-14(20)21/h2-3,6,11H,4-5,7-8H2,1H3,(H,17,19)(H,20,21). The summed E-state index contributed by atoms with van der Waals surface area (Å²) in [6.07, 6.45) is -0.200. The number of hydrogen-bond acceptors (Lipinski definition) is 4. The Morgan fingerprint density at radius 1 is 1.43 bits per heavy atom. The smallest absolute Gasteiger partial charge is 0.305 e. The molecule has 124 valence electrons. The van der Waals surface area contributed by atoms with Crippen LogP contribution in [0.5, 0.6) is 0 Å². The summed E-state index contributed by atoms with van der Waals surface area (Å²) in [6, 6.07) is 4.05. The van der Waals surface area contributed by atoms with E-state index < -0.39 is 12.0 Å². The SMILES string of the molecule is CC(=O)Nc1ccc(Cl)c(C(=O)N2CCOCC2CC(=O)O)c1. The fourth-order valence-corrected chi connectivity index (χ4v) is 2.62. The van der Waals surface area contributed by atoms with Crippen LogP contribution in [0.1, 0.15) is 23.7 Å². The van der Waals surface area contributed by atoms with E-state index in [0.29, 0.717) is 12.3 Å². The van der Waals surface area contributed by atoms with Crippen molar-refractivity contribution in [3.63, 3.8) is 0 Å². The van der Waals surface area contributed by atoms with Gasteiger partial charge < -0.3 is 20.1 Å². The maximum atomic E-state index is 12.7. The van der Waals surface area contributed by atoms with Crippen LogP contribution in [-0.2, 0) is 14.3 Å². The van der Waals surface area contributed by atoms with E-state index in [0.717, 1.165) is 0 Å². The van der Waals surface area contributed by atoms with E-state index in [4.69, 9.17) is 21.4 Å². The van der Waals surface area contributed by atoms with E-state index in [2.05, 4.69) is 5.32 Å². The molecule has 1 aromatic rings. The van der Waals surface area contributed by atoms with Crippen molar-refractivity contribution in [3.05, 3.63) is 28.8 Å². The van der Waals surface area contributed by atoms with E-state index in [9.17, 15) is 14.4 Å². The van der Waals surface area contributed by atoms with Crippen LogP contribution in [0.2, 0.25) is 5.02 Å². The van der Waals surface area contributed by atoms with E-state index in [1.54, 1.807) is 6.07 Å². The number of aliphatic carboxylic acids is 1. The highest BCUT2D eigenvalue weighted by atomic mass is 35.5. The number of nitrogens with zero attached hydrogens (tertiary/aromatic N) is 1. The molecule has 2 N–H and O–H groups in total. The third-order valence-electron chi connectivity index (χ3n) is 3.42. The van der Waals surface area contributed by atoms with Crippen molar-refractivity contribution in [1.82, 2.24) is 4.90 Å². The number of morpholine rings is 1. The summed E-state index contributed by atoms with van der Waals surface area (Å²) < 4.78 is 5.26. The number of carboxylic acids is 1. The van der Waals surface area contributed by atoms with E-state index in [-0.39, 0.29) is 42.0 Å². The van der Waals surface area contributed by atoms with Crippen LogP contribution in [0.25, 0.3) is 0 Å². The predicted octanol–water partition coefficient (Wildman–Crippen LogP) is 1.61. The number of benzene rings is 1. The van der Waals surface area contributed by atoms with Gasteiger partial charge in [-0.15, -0.1) is 0 Å². The molecule has 0 spiro atoms. The Labute approximate surface area is 138 Å². The molecule has 1 heterocycles. The second-order valence-corrected chi connectivity index (χ2v) is 5.61. The lowest BCUT2D eigenvalue weighted by molar-refractivity contribution is -0.139. The number of anilines is 1. The monoisotopic (exact) mass is 340 g/mol. The average molecular weight is 341 g/mol. The number of rotatable bonds is 4. The third kappa shape index (κ3) is 4.43. The minimum Gasteiger partial charge on any atom is -0.481 e. The number of ether oxygens (including phenoxy) is 1. The Balaban J connectivity index is 2.26. The molecule has 0 aromatic heterocycles. The summed E-state index contributed by atoms with van der Waals surface area (Å²) >= 11 is 6.09. The molecule has 0 radical (unpaired) electrons. The minimum absolute atomic E-state index is 0.168. The van der Waals surface area contributed by atoms with Crippen molar-refractivity contribution in [2.45, 2.75) is 19.4 Å². The number of amides is 2. The maximum Gasteiger partial charge on any atom is 0.305 e. The molecule has 0 aliphatic carbocycles. The first kappa shape index (κ1) is 17.2. The Hall–Kier alpha value is -2.12. The van der Waals surface area contributed by atoms with Crippen molar-refractivity contribution in [2.24, 2.45) is 0 Å². The van der Waals surface area contributed by atoms with Crippen LogP contribution in [0, 0.1) is 0 Å². The van der Waals surface area contributed by atoms with Gasteiger partial charge in [-0.3, -0.25) is 14.4 Å². The lowest BCUT2D eigenvalue weighted by Crippen LogP contribution is -2.49. The number of nitrogens with one attached hydrogen (secondary N) is 1. The molecule has 0 saturated carbocycles. The average Bonchev–Trinajstić information content (AvgIpc) is 2.48. The second-order valence-electron chi connectivity index (χ2n) is 5.20. The zero-order valence-electron chi connectivity index (χ0n) is 12.5. The zero-order chi connectivity index (χ0) is 17.0. The van der Waals surface area contributed by atoms with Crippen molar-refractivity contribution in [2.75, 3.05) is 25.1 Å². The summed E-state index contributed by atoms with van der Waals surface area (Å²) in [7, 11) is 0. The number of hydrogen-bond donors (Lipinski definition) is 2. The second kappa shape index (κ2) is 7.43. The molecule has 1 unspecified atom stereocenters. The first-order valence-electron chi connectivity index (χ1n) is 7.06. The lowest BCUT2D eigenvalue weighted by atomic mass is 10.1. The molecule has 8 heteroatoms. The number of carboxylic acid groups (broad SMARTS) is 1. The quantitative estimate of drug-likeness (QED) is 0.868. The van der Waals surface area contributed by atoms with Crippen molar-refractivity contribution >= 4 is 35.1 Å². The molecule has 0 bridgehead atoms. The van der Waals surface area contributed by atoms with E-state index in [1.807, 2.05) is 0 Å². The highest BCUT2D eigenvalue weighted by Gasteiger charge is 2.30. The minimum atomic E-state index is -1.00. The molecular formula is C15H17ClN2O5. The summed E-state index contributed by atoms with van der Waals surface area (Å²) in [6.45, 7) is 2.16. The highest BCUT2D eigenvalue weighted by Crippen LogP contribution is 2.24. The van der Waals surface area contributed by atoms with Crippen LogP contribution in [0.15, 0.2) is 18.2 Å². The van der Waals surface area contributed by atoms with Gasteiger partial charge in [0, 0.05) is 19.2 Å². The largest absolute Gasteiger partial charge is 0.481 e. The first-order valence-corrected chi connectivity index (χ1v) is 7.44. The van der Waals surface area contributed by atoms with Gasteiger partial charge in [-0.2, -0.15) is 0 Å². The van der Waals surface area contributed by atoms with Gasteiger partial charge >= 0.3 is 5.97 Å². The van der Waals surface area contributed by atoms with Gasteiger partial charge in [0.05, 0.1) is 36.3 Å². The van der Waals surface area contributed by atoms with E-state index >= 15 is 0 Å². The van der Waals surface area contributed by atoms with Gasteiger partial charge in [-0.1, -0.05) is 11.6 Å². The van der Waals surface area contributed by atoms with Crippen LogP contribution < -0.4 is 5.32 Å². The fourth-order valence-electron chi connectivity index (χ4n) is 2.42. The molecule has 2 amide bonds. The normalized spacial score (nSPS) is 17.7. The fraction of sp³-hybridized carbons (Fsp3) is 0.400. The van der Waals surface area contributed by atoms with Crippen LogP contribution >= 0.6 is 11.6 Å². The zero-order valence-corrected chi connectivity index (χ0v) is 13.3. The molecule has 1 aliphatic rings. The van der Waals surface area contributed by atoms with Crippen LogP contribution in [-0.4, -0.2) is 53.6 Å². The van der Waals surface area contributed by atoms with Crippen LogP contribution in [0.4, 0.5) is 5.69 Å². The molecule has 1 fully saturated rings. The van der Waals surface area contributed by atoms with Crippen LogP contribution in [0.3, 0.4) is 0 Å². The summed E-state index contributed by atoms with van der Waals surface area (Å²) in [5.41, 5.74) is 0.670. The molecular weight excluding hydrogens is 324 g/mol. The summed E-state index contributed by atoms with van der Waals surface area (Å²) in [5.74, 6) is -1.64. The molecule has 1 saturated heterocycles. The number of carbonyl (C=O) groups is 3. The molecule has 1 aliphatic heterocycles. The molecule has 2 rings (SSSR count). The Morgan fingerprint density at radius 3 is 2.83 bits per heavy atom. The van der Waals surface area contributed by atoms with Gasteiger partial charge in [-0.25, -0.2) is 0 Å². The topological polar surface area (TPSA) is 95.9 Å². The Bertz CT molecular complexity index is 634. The van der Waals surface area contributed by atoms with Gasteiger partial charge in [0.25, 0.3) is 5.91 Å². The van der Waals surface area contributed by atoms with Gasteiger partial charge in [0.1, 0.15) is 0 Å². The van der Waals surface area contributed by atoms with Gasteiger partial charge in [0.15, 0.2) is 0 Å². The predicted molar refractivity (Wildman–Crippen MR) is 83.7 cm³/mol. The Kier molecular flexibility index (Phi) is 5.57. The summed E-state index contributed by atoms with van der Waals surface area (Å²) in [4.78, 5) is 36.3. The van der Waals surface area contributed by atoms with Crippen molar-refractivity contribution < 1.29 is 24.2 Å². The van der Waals surface area contributed by atoms with Gasteiger partial charge in [0.2, 0.25) is 5.91 Å². The molecule has 1 atom stereocenters.